The number of hydrogen-bond acceptors (Lipinski definition) is 4. The highest BCUT2D eigenvalue weighted by Crippen LogP contribution is 2.24. The molecule has 0 aromatic rings. The van der Waals surface area contributed by atoms with Gasteiger partial charge in [-0.05, 0) is 20.3 Å². The predicted molar refractivity (Wildman–Crippen MR) is 85.6 cm³/mol. The molecule has 1 aliphatic rings. The molecule has 0 aliphatic carbocycles. The van der Waals surface area contributed by atoms with Crippen molar-refractivity contribution in [2.75, 3.05) is 26.3 Å². The lowest BCUT2D eigenvalue weighted by atomic mass is 9.88. The predicted octanol–water partition coefficient (Wildman–Crippen LogP) is 2.68. The van der Waals surface area contributed by atoms with Crippen LogP contribution in [0.5, 0.6) is 0 Å². The maximum absolute atomic E-state index is 5.82. The fourth-order valence-electron chi connectivity index (χ4n) is 3.13. The van der Waals surface area contributed by atoms with Gasteiger partial charge in [0.1, 0.15) is 0 Å². The van der Waals surface area contributed by atoms with Gasteiger partial charge in [0.2, 0.25) is 0 Å². The van der Waals surface area contributed by atoms with Gasteiger partial charge in [0.25, 0.3) is 0 Å². The summed E-state index contributed by atoms with van der Waals surface area (Å²) in [5, 5.41) is 0. The van der Waals surface area contributed by atoms with Crippen LogP contribution in [-0.2, 0) is 4.74 Å². The number of rotatable bonds is 10. The molecule has 0 aromatic carbocycles. The van der Waals surface area contributed by atoms with Crippen molar-refractivity contribution in [1.29, 1.82) is 0 Å². The zero-order valence-electron chi connectivity index (χ0n) is 13.8. The van der Waals surface area contributed by atoms with Crippen LogP contribution in [0.4, 0.5) is 0 Å². The van der Waals surface area contributed by atoms with Crippen LogP contribution in [0.15, 0.2) is 0 Å². The summed E-state index contributed by atoms with van der Waals surface area (Å²) < 4.78 is 5.45. The van der Waals surface area contributed by atoms with E-state index in [9.17, 15) is 0 Å². The highest BCUT2D eigenvalue weighted by Gasteiger charge is 2.35. The minimum atomic E-state index is 0.0992. The second-order valence-electron chi connectivity index (χ2n) is 6.53. The van der Waals surface area contributed by atoms with Crippen molar-refractivity contribution < 1.29 is 4.74 Å². The Kier molecular flexibility index (Phi) is 8.69. The van der Waals surface area contributed by atoms with Gasteiger partial charge >= 0.3 is 0 Å². The molecule has 0 radical (unpaired) electrons. The van der Waals surface area contributed by atoms with Gasteiger partial charge in [-0.15, -0.1) is 0 Å². The van der Waals surface area contributed by atoms with Crippen molar-refractivity contribution in [3.8, 4) is 0 Å². The third-order valence-corrected chi connectivity index (χ3v) is 4.73. The maximum Gasteiger partial charge on any atom is 0.0594 e. The first-order valence-electron chi connectivity index (χ1n) is 8.41. The molecule has 1 aliphatic heterocycles. The van der Waals surface area contributed by atoms with Crippen LogP contribution in [0.2, 0.25) is 0 Å². The van der Waals surface area contributed by atoms with Crippen molar-refractivity contribution in [2.24, 2.45) is 5.84 Å². The van der Waals surface area contributed by atoms with Crippen LogP contribution in [0, 0.1) is 0 Å². The highest BCUT2D eigenvalue weighted by molar-refractivity contribution is 4.93. The molecule has 0 spiro atoms. The summed E-state index contributed by atoms with van der Waals surface area (Å²) in [5.41, 5.74) is 3.16. The Labute approximate surface area is 125 Å². The Bertz CT molecular complexity index is 240. The van der Waals surface area contributed by atoms with E-state index in [0.29, 0.717) is 6.04 Å². The zero-order chi connectivity index (χ0) is 14.8. The SMILES string of the molecule is CCCCCCCCC(NN)C(C)(C)N1CCOCC1. The average Bonchev–Trinajstić information content (AvgIpc) is 2.47. The third kappa shape index (κ3) is 5.68. The summed E-state index contributed by atoms with van der Waals surface area (Å²) in [6.07, 6.45) is 9.19. The number of hydrazine groups is 1. The molecule has 0 saturated carbocycles. The van der Waals surface area contributed by atoms with Crippen LogP contribution >= 0.6 is 0 Å². The summed E-state index contributed by atoms with van der Waals surface area (Å²) in [6.45, 7) is 10.6. The van der Waals surface area contributed by atoms with Crippen molar-refractivity contribution in [3.63, 3.8) is 0 Å². The first kappa shape index (κ1) is 17.9. The van der Waals surface area contributed by atoms with Gasteiger partial charge in [0, 0.05) is 24.7 Å². The van der Waals surface area contributed by atoms with Gasteiger partial charge in [-0.25, -0.2) is 0 Å². The Morgan fingerprint density at radius 1 is 1.10 bits per heavy atom. The van der Waals surface area contributed by atoms with E-state index in [4.69, 9.17) is 10.6 Å². The third-order valence-electron chi connectivity index (χ3n) is 4.73. The molecule has 1 unspecified atom stereocenters. The van der Waals surface area contributed by atoms with E-state index in [2.05, 4.69) is 31.1 Å². The number of hydrogen-bond donors (Lipinski definition) is 2. The van der Waals surface area contributed by atoms with E-state index in [-0.39, 0.29) is 5.54 Å². The van der Waals surface area contributed by atoms with Crippen LogP contribution in [-0.4, -0.2) is 42.8 Å². The van der Waals surface area contributed by atoms with E-state index in [1.54, 1.807) is 0 Å². The lowest BCUT2D eigenvalue weighted by Gasteiger charge is -2.45. The number of unbranched alkanes of at least 4 members (excludes halogenated alkanes) is 5. The van der Waals surface area contributed by atoms with E-state index in [1.807, 2.05) is 0 Å². The zero-order valence-corrected chi connectivity index (χ0v) is 13.8. The summed E-state index contributed by atoms with van der Waals surface area (Å²) in [5.74, 6) is 5.82. The molecule has 1 heterocycles. The molecule has 0 amide bonds. The van der Waals surface area contributed by atoms with Gasteiger partial charge in [0.05, 0.1) is 13.2 Å². The van der Waals surface area contributed by atoms with Gasteiger partial charge < -0.3 is 4.74 Å². The Hall–Kier alpha value is -0.160. The number of ether oxygens (including phenoxy) is 1. The Morgan fingerprint density at radius 2 is 1.70 bits per heavy atom. The smallest absolute Gasteiger partial charge is 0.0594 e. The molecule has 20 heavy (non-hydrogen) atoms. The summed E-state index contributed by atoms with van der Waals surface area (Å²) >= 11 is 0. The number of nitrogens with two attached hydrogens (primary N) is 1. The minimum Gasteiger partial charge on any atom is -0.379 e. The lowest BCUT2D eigenvalue weighted by Crippen LogP contribution is -2.61. The number of nitrogens with zero attached hydrogens (tertiary/aromatic N) is 1. The van der Waals surface area contributed by atoms with Crippen LogP contribution in [0.1, 0.15) is 65.7 Å². The molecule has 1 fully saturated rings. The average molecular weight is 285 g/mol. The second-order valence-corrected chi connectivity index (χ2v) is 6.53. The number of nitrogens with one attached hydrogen (secondary N) is 1. The molecule has 1 atom stereocenters. The molecular formula is C16H35N3O. The molecule has 120 valence electrons. The highest BCUT2D eigenvalue weighted by atomic mass is 16.5. The minimum absolute atomic E-state index is 0.0992. The van der Waals surface area contributed by atoms with Gasteiger partial charge in [-0.2, -0.15) is 0 Å². The van der Waals surface area contributed by atoms with Crippen molar-refractivity contribution in [3.05, 3.63) is 0 Å². The monoisotopic (exact) mass is 285 g/mol. The largest absolute Gasteiger partial charge is 0.379 e. The molecule has 4 heteroatoms. The van der Waals surface area contributed by atoms with Crippen LogP contribution in [0.25, 0.3) is 0 Å². The Morgan fingerprint density at radius 3 is 2.30 bits per heavy atom. The van der Waals surface area contributed by atoms with Crippen molar-refractivity contribution >= 4 is 0 Å². The summed E-state index contributed by atoms with van der Waals surface area (Å²) in [6, 6.07) is 0.353. The van der Waals surface area contributed by atoms with Gasteiger partial charge in [-0.1, -0.05) is 45.4 Å². The fourth-order valence-corrected chi connectivity index (χ4v) is 3.13. The topological polar surface area (TPSA) is 50.5 Å². The van der Waals surface area contributed by atoms with Gasteiger partial charge in [0.15, 0.2) is 0 Å². The number of morpholine rings is 1. The molecule has 1 rings (SSSR count). The van der Waals surface area contributed by atoms with Crippen LogP contribution < -0.4 is 11.3 Å². The Balaban J connectivity index is 2.31. The summed E-state index contributed by atoms with van der Waals surface area (Å²) in [4.78, 5) is 2.51. The first-order chi connectivity index (χ1) is 9.62. The molecule has 3 N–H and O–H groups in total. The lowest BCUT2D eigenvalue weighted by molar-refractivity contribution is -0.0246. The molecule has 0 bridgehead atoms. The standard InChI is InChI=1S/C16H35N3O/c1-4-5-6-7-8-9-10-15(18-17)16(2,3)19-11-13-20-14-12-19/h15,18H,4-14,17H2,1-3H3. The molecule has 0 aromatic heterocycles. The van der Waals surface area contributed by atoms with E-state index in [0.717, 1.165) is 32.7 Å². The van der Waals surface area contributed by atoms with Gasteiger partial charge in [-0.3, -0.25) is 16.2 Å². The molecule has 4 nitrogen and oxygen atoms in total. The van der Waals surface area contributed by atoms with E-state index in [1.165, 1.54) is 38.5 Å². The normalized spacial score (nSPS) is 19.2. The first-order valence-corrected chi connectivity index (χ1v) is 8.41. The second kappa shape index (κ2) is 9.72. The van der Waals surface area contributed by atoms with E-state index < -0.39 is 0 Å². The van der Waals surface area contributed by atoms with E-state index >= 15 is 0 Å². The van der Waals surface area contributed by atoms with Crippen molar-refractivity contribution in [1.82, 2.24) is 10.3 Å². The molecular weight excluding hydrogens is 250 g/mol. The fraction of sp³-hybridized carbons (Fsp3) is 1.00. The van der Waals surface area contributed by atoms with Crippen LogP contribution in [0.3, 0.4) is 0 Å². The summed E-state index contributed by atoms with van der Waals surface area (Å²) in [7, 11) is 0. The van der Waals surface area contributed by atoms with Crippen molar-refractivity contribution in [2.45, 2.75) is 77.3 Å². The molecule has 1 saturated heterocycles. The maximum atomic E-state index is 5.82. The quantitative estimate of drug-likeness (QED) is 0.368.